The lowest BCUT2D eigenvalue weighted by Gasteiger charge is -2.23. The zero-order chi connectivity index (χ0) is 12.7. The lowest BCUT2D eigenvalue weighted by Crippen LogP contribution is -2.38. The van der Waals surface area contributed by atoms with Crippen molar-refractivity contribution in [1.82, 2.24) is 10.2 Å². The summed E-state index contributed by atoms with van der Waals surface area (Å²) in [7, 11) is 1.87. The van der Waals surface area contributed by atoms with Gasteiger partial charge < -0.3 is 10.2 Å². The molecule has 1 fully saturated rings. The largest absolute Gasteiger partial charge is 0.303 e. The van der Waals surface area contributed by atoms with Crippen LogP contribution in [0.1, 0.15) is 46.0 Å². The number of hydrogen-bond acceptors (Lipinski definition) is 3. The smallest absolute Gasteiger partial charge is 0.103 e. The molecule has 1 saturated carbocycles. The van der Waals surface area contributed by atoms with E-state index in [4.69, 9.17) is 5.26 Å². The fourth-order valence-electron chi connectivity index (χ4n) is 2.09. The molecule has 98 valence electrons. The van der Waals surface area contributed by atoms with Crippen molar-refractivity contribution in [3.05, 3.63) is 0 Å². The quantitative estimate of drug-likeness (QED) is 0.626. The highest BCUT2D eigenvalue weighted by Gasteiger charge is 2.24. The summed E-state index contributed by atoms with van der Waals surface area (Å²) in [4.78, 5) is 2.56. The lowest BCUT2D eigenvalue weighted by molar-refractivity contribution is 0.266. The summed E-state index contributed by atoms with van der Waals surface area (Å²) >= 11 is 0. The highest BCUT2D eigenvalue weighted by atomic mass is 15.1. The van der Waals surface area contributed by atoms with Gasteiger partial charge in [-0.05, 0) is 65.1 Å². The van der Waals surface area contributed by atoms with Gasteiger partial charge in [-0.25, -0.2) is 0 Å². The molecule has 0 saturated heterocycles. The minimum Gasteiger partial charge on any atom is -0.303 e. The molecule has 1 aliphatic rings. The van der Waals surface area contributed by atoms with Crippen LogP contribution in [0, 0.1) is 17.2 Å². The molecular weight excluding hydrogens is 210 g/mol. The van der Waals surface area contributed by atoms with E-state index in [0.717, 1.165) is 25.3 Å². The summed E-state index contributed by atoms with van der Waals surface area (Å²) in [5.41, 5.74) is -0.340. The van der Waals surface area contributed by atoms with Crippen LogP contribution in [0.3, 0.4) is 0 Å². The first-order chi connectivity index (χ1) is 8.13. The van der Waals surface area contributed by atoms with Gasteiger partial charge in [-0.15, -0.1) is 0 Å². The van der Waals surface area contributed by atoms with E-state index in [1.807, 2.05) is 14.0 Å². The minimum absolute atomic E-state index is 0.340. The minimum atomic E-state index is -0.340. The van der Waals surface area contributed by atoms with Gasteiger partial charge in [-0.3, -0.25) is 0 Å². The van der Waals surface area contributed by atoms with Crippen LogP contribution >= 0.6 is 0 Å². The lowest BCUT2D eigenvalue weighted by atomic mass is 9.97. The van der Waals surface area contributed by atoms with Gasteiger partial charge in [0.15, 0.2) is 0 Å². The van der Waals surface area contributed by atoms with Crippen LogP contribution < -0.4 is 5.32 Å². The highest BCUT2D eigenvalue weighted by Crippen LogP contribution is 2.29. The Kier molecular flexibility index (Phi) is 5.94. The number of nitrogens with zero attached hydrogens (tertiary/aromatic N) is 2. The van der Waals surface area contributed by atoms with Crippen molar-refractivity contribution in [2.45, 2.75) is 51.5 Å². The van der Waals surface area contributed by atoms with Gasteiger partial charge in [-0.1, -0.05) is 6.92 Å². The van der Waals surface area contributed by atoms with Gasteiger partial charge in [0.1, 0.15) is 5.54 Å². The summed E-state index contributed by atoms with van der Waals surface area (Å²) in [5, 5.41) is 12.1. The van der Waals surface area contributed by atoms with Crippen LogP contribution in [0.15, 0.2) is 0 Å². The average molecular weight is 237 g/mol. The maximum absolute atomic E-state index is 9.04. The second-order valence-corrected chi connectivity index (χ2v) is 5.49. The van der Waals surface area contributed by atoms with E-state index in [9.17, 15) is 0 Å². The summed E-state index contributed by atoms with van der Waals surface area (Å²) in [5.74, 6) is 0.983. The van der Waals surface area contributed by atoms with Crippen LogP contribution in [-0.2, 0) is 0 Å². The fourth-order valence-corrected chi connectivity index (χ4v) is 2.09. The highest BCUT2D eigenvalue weighted by molar-refractivity contribution is 5.02. The van der Waals surface area contributed by atoms with Crippen molar-refractivity contribution in [1.29, 1.82) is 5.26 Å². The second kappa shape index (κ2) is 6.98. The molecule has 0 aliphatic heterocycles. The third-order valence-corrected chi connectivity index (χ3v) is 3.86. The Hall–Kier alpha value is -0.590. The molecule has 0 aromatic rings. The monoisotopic (exact) mass is 237 g/mol. The van der Waals surface area contributed by atoms with Crippen molar-refractivity contribution in [2.75, 3.05) is 26.7 Å². The molecular formula is C14H27N3. The molecule has 0 aromatic carbocycles. The molecule has 17 heavy (non-hydrogen) atoms. The Morgan fingerprint density at radius 1 is 1.41 bits per heavy atom. The van der Waals surface area contributed by atoms with Gasteiger partial charge >= 0.3 is 0 Å². The molecule has 0 radical (unpaired) electrons. The fraction of sp³-hybridized carbons (Fsp3) is 0.929. The maximum atomic E-state index is 9.04. The summed E-state index contributed by atoms with van der Waals surface area (Å²) in [6, 6.07) is 2.35. The first-order valence-corrected chi connectivity index (χ1v) is 6.96. The standard InChI is InChI=1S/C14H27N3/c1-4-17(11-13-7-8-13)10-6-5-9-14(2,12-15)16-3/h13,16H,4-11H2,1-3H3. The van der Waals surface area contributed by atoms with Crippen molar-refractivity contribution < 1.29 is 0 Å². The van der Waals surface area contributed by atoms with Crippen LogP contribution in [0.2, 0.25) is 0 Å². The normalized spacial score (nSPS) is 19.0. The number of hydrogen-bond donors (Lipinski definition) is 1. The van der Waals surface area contributed by atoms with Gasteiger partial charge in [0.25, 0.3) is 0 Å². The van der Waals surface area contributed by atoms with E-state index < -0.39 is 0 Å². The van der Waals surface area contributed by atoms with Crippen LogP contribution in [0.25, 0.3) is 0 Å². The van der Waals surface area contributed by atoms with E-state index in [1.54, 1.807) is 0 Å². The number of nitrogens with one attached hydrogen (secondary N) is 1. The SMILES string of the molecule is CCN(CCCCC(C)(C#N)NC)CC1CC1. The van der Waals surface area contributed by atoms with Crippen LogP contribution in [-0.4, -0.2) is 37.1 Å². The van der Waals surface area contributed by atoms with E-state index >= 15 is 0 Å². The van der Waals surface area contributed by atoms with E-state index in [0.29, 0.717) is 0 Å². The zero-order valence-electron chi connectivity index (χ0n) is 11.6. The number of nitriles is 1. The summed E-state index contributed by atoms with van der Waals surface area (Å²) in [6.07, 6.45) is 6.15. The Morgan fingerprint density at radius 2 is 2.12 bits per heavy atom. The Morgan fingerprint density at radius 3 is 2.59 bits per heavy atom. The van der Waals surface area contributed by atoms with Crippen molar-refractivity contribution in [3.8, 4) is 6.07 Å². The van der Waals surface area contributed by atoms with Gasteiger partial charge in [0.05, 0.1) is 6.07 Å². The number of rotatable bonds is 9. The van der Waals surface area contributed by atoms with Crippen LogP contribution in [0.4, 0.5) is 0 Å². The third kappa shape index (κ3) is 5.52. The topological polar surface area (TPSA) is 39.1 Å². The molecule has 1 rings (SSSR count). The van der Waals surface area contributed by atoms with Crippen molar-refractivity contribution in [3.63, 3.8) is 0 Å². The first kappa shape index (κ1) is 14.5. The molecule has 1 atom stereocenters. The van der Waals surface area contributed by atoms with Gasteiger partial charge in [0.2, 0.25) is 0 Å². The predicted molar refractivity (Wildman–Crippen MR) is 71.8 cm³/mol. The molecule has 1 aliphatic carbocycles. The molecule has 0 heterocycles. The molecule has 1 N–H and O–H groups in total. The molecule has 0 aromatic heterocycles. The molecule has 1 unspecified atom stereocenters. The van der Waals surface area contributed by atoms with E-state index in [2.05, 4.69) is 23.2 Å². The molecule has 3 heteroatoms. The van der Waals surface area contributed by atoms with Gasteiger partial charge in [0, 0.05) is 6.54 Å². The summed E-state index contributed by atoms with van der Waals surface area (Å²) < 4.78 is 0. The number of unbranched alkanes of at least 4 members (excludes halogenated alkanes) is 1. The predicted octanol–water partition coefficient (Wildman–Crippen LogP) is 2.39. The van der Waals surface area contributed by atoms with Crippen molar-refractivity contribution in [2.24, 2.45) is 5.92 Å². The average Bonchev–Trinajstić information content (AvgIpc) is 3.16. The molecule has 0 bridgehead atoms. The first-order valence-electron chi connectivity index (χ1n) is 6.96. The summed E-state index contributed by atoms with van der Waals surface area (Å²) in [6.45, 7) is 7.87. The molecule has 0 amide bonds. The Bertz CT molecular complexity index is 255. The Labute approximate surface area is 106 Å². The van der Waals surface area contributed by atoms with Crippen molar-refractivity contribution >= 4 is 0 Å². The third-order valence-electron chi connectivity index (χ3n) is 3.86. The molecule has 3 nitrogen and oxygen atoms in total. The van der Waals surface area contributed by atoms with Gasteiger partial charge in [-0.2, -0.15) is 5.26 Å². The maximum Gasteiger partial charge on any atom is 0.103 e. The van der Waals surface area contributed by atoms with E-state index in [-0.39, 0.29) is 5.54 Å². The molecule has 0 spiro atoms. The zero-order valence-corrected chi connectivity index (χ0v) is 11.6. The van der Waals surface area contributed by atoms with Crippen LogP contribution in [0.5, 0.6) is 0 Å². The Balaban J connectivity index is 2.11. The van der Waals surface area contributed by atoms with E-state index in [1.165, 1.54) is 32.4 Å². The second-order valence-electron chi connectivity index (χ2n) is 5.49.